The molecule has 1 aromatic carbocycles. The van der Waals surface area contributed by atoms with Gasteiger partial charge in [-0.2, -0.15) is 0 Å². The van der Waals surface area contributed by atoms with Gasteiger partial charge in [-0.15, -0.1) is 0 Å². The molecular formula is C11H16N2O3S. The second-order valence-electron chi connectivity index (χ2n) is 4.01. The number of hydrogen-bond donors (Lipinski definition) is 0. The normalized spacial score (nSPS) is 11.6. The third-order valence-corrected chi connectivity index (χ3v) is 4.12. The van der Waals surface area contributed by atoms with E-state index in [1.165, 1.54) is 43.3 Å². The summed E-state index contributed by atoms with van der Waals surface area (Å²) in [4.78, 5) is 13.2. The first-order valence-electron chi connectivity index (χ1n) is 5.01. The van der Waals surface area contributed by atoms with Gasteiger partial charge in [-0.3, -0.25) is 4.79 Å². The van der Waals surface area contributed by atoms with Crippen LogP contribution in [0.3, 0.4) is 0 Å². The highest BCUT2D eigenvalue weighted by molar-refractivity contribution is 7.89. The van der Waals surface area contributed by atoms with E-state index in [1.54, 1.807) is 14.1 Å². The van der Waals surface area contributed by atoms with Gasteiger partial charge in [-0.05, 0) is 24.3 Å². The van der Waals surface area contributed by atoms with Crippen molar-refractivity contribution < 1.29 is 13.2 Å². The van der Waals surface area contributed by atoms with Crippen LogP contribution in [-0.2, 0) is 10.0 Å². The van der Waals surface area contributed by atoms with Crippen LogP contribution in [0.5, 0.6) is 0 Å². The molecule has 94 valence electrons. The van der Waals surface area contributed by atoms with Crippen molar-refractivity contribution in [1.29, 1.82) is 0 Å². The van der Waals surface area contributed by atoms with Crippen molar-refractivity contribution in [3.05, 3.63) is 29.8 Å². The summed E-state index contributed by atoms with van der Waals surface area (Å²) in [5.74, 6) is -0.154. The van der Waals surface area contributed by atoms with Gasteiger partial charge in [0, 0.05) is 33.8 Å². The van der Waals surface area contributed by atoms with Crippen LogP contribution in [0.4, 0.5) is 0 Å². The zero-order valence-electron chi connectivity index (χ0n) is 10.3. The molecule has 0 aliphatic rings. The topological polar surface area (TPSA) is 57.7 Å². The molecule has 1 amide bonds. The van der Waals surface area contributed by atoms with Crippen LogP contribution in [0.25, 0.3) is 0 Å². The van der Waals surface area contributed by atoms with Crippen LogP contribution >= 0.6 is 0 Å². The minimum absolute atomic E-state index is 0.154. The van der Waals surface area contributed by atoms with Gasteiger partial charge in [0.15, 0.2) is 0 Å². The lowest BCUT2D eigenvalue weighted by Gasteiger charge is -2.13. The van der Waals surface area contributed by atoms with Gasteiger partial charge in [0.05, 0.1) is 4.90 Å². The average Bonchev–Trinajstić information content (AvgIpc) is 2.27. The second-order valence-corrected chi connectivity index (χ2v) is 6.16. The van der Waals surface area contributed by atoms with E-state index in [9.17, 15) is 13.2 Å². The molecule has 0 fully saturated rings. The van der Waals surface area contributed by atoms with Gasteiger partial charge < -0.3 is 4.90 Å². The molecule has 0 spiro atoms. The third-order valence-electron chi connectivity index (χ3n) is 2.29. The highest BCUT2D eigenvalue weighted by Gasteiger charge is 2.17. The molecule has 0 bridgehead atoms. The molecule has 0 aliphatic heterocycles. The first-order chi connectivity index (χ1) is 7.76. The van der Waals surface area contributed by atoms with Gasteiger partial charge in [0.1, 0.15) is 0 Å². The molecule has 1 aromatic rings. The third kappa shape index (κ3) is 2.83. The maximum absolute atomic E-state index is 11.8. The fraction of sp³-hybridized carbons (Fsp3) is 0.364. The van der Waals surface area contributed by atoms with E-state index in [0.717, 1.165) is 4.31 Å². The molecule has 0 aliphatic carbocycles. The van der Waals surface area contributed by atoms with E-state index in [2.05, 4.69) is 0 Å². The second kappa shape index (κ2) is 4.85. The summed E-state index contributed by atoms with van der Waals surface area (Å²) in [5.41, 5.74) is 0.465. The first kappa shape index (κ1) is 13.7. The van der Waals surface area contributed by atoms with E-state index in [1.807, 2.05) is 0 Å². The molecule has 0 atom stereocenters. The summed E-state index contributed by atoms with van der Waals surface area (Å²) >= 11 is 0. The van der Waals surface area contributed by atoms with E-state index < -0.39 is 10.0 Å². The smallest absolute Gasteiger partial charge is 0.253 e. The van der Waals surface area contributed by atoms with Crippen molar-refractivity contribution >= 4 is 15.9 Å². The molecule has 0 radical (unpaired) electrons. The maximum atomic E-state index is 11.8. The number of amides is 1. The Balaban J connectivity index is 3.09. The molecule has 6 heteroatoms. The van der Waals surface area contributed by atoms with Crippen molar-refractivity contribution in [1.82, 2.24) is 9.21 Å². The molecule has 0 saturated heterocycles. The lowest BCUT2D eigenvalue weighted by molar-refractivity contribution is 0.0827. The Morgan fingerprint density at radius 3 is 1.82 bits per heavy atom. The monoisotopic (exact) mass is 256 g/mol. The number of rotatable bonds is 3. The number of carbonyl (C=O) groups is 1. The largest absolute Gasteiger partial charge is 0.345 e. The van der Waals surface area contributed by atoms with Crippen LogP contribution in [0.15, 0.2) is 29.2 Å². The number of nitrogens with zero attached hydrogens (tertiary/aromatic N) is 2. The van der Waals surface area contributed by atoms with Gasteiger partial charge in [0.2, 0.25) is 10.0 Å². The van der Waals surface area contributed by atoms with Crippen LogP contribution < -0.4 is 0 Å². The van der Waals surface area contributed by atoms with E-state index in [-0.39, 0.29) is 10.8 Å². The van der Waals surface area contributed by atoms with Crippen LogP contribution in [0.2, 0.25) is 0 Å². The summed E-state index contributed by atoms with van der Waals surface area (Å²) in [6.07, 6.45) is 0. The molecule has 0 aromatic heterocycles. The zero-order valence-corrected chi connectivity index (χ0v) is 11.2. The number of sulfonamides is 1. The average molecular weight is 256 g/mol. The Kier molecular flexibility index (Phi) is 3.90. The molecule has 17 heavy (non-hydrogen) atoms. The van der Waals surface area contributed by atoms with E-state index in [0.29, 0.717) is 5.56 Å². The molecular weight excluding hydrogens is 240 g/mol. The predicted octanol–water partition coefficient (Wildman–Crippen LogP) is 0.639. The van der Waals surface area contributed by atoms with Crippen molar-refractivity contribution in [2.45, 2.75) is 4.90 Å². The fourth-order valence-electron chi connectivity index (χ4n) is 1.24. The molecule has 0 saturated carbocycles. The minimum Gasteiger partial charge on any atom is -0.345 e. The predicted molar refractivity (Wildman–Crippen MR) is 65.3 cm³/mol. The van der Waals surface area contributed by atoms with Gasteiger partial charge in [-0.25, -0.2) is 12.7 Å². The Morgan fingerprint density at radius 1 is 1.00 bits per heavy atom. The molecule has 0 N–H and O–H groups in total. The minimum atomic E-state index is -3.43. The number of hydrogen-bond acceptors (Lipinski definition) is 3. The van der Waals surface area contributed by atoms with Gasteiger partial charge in [0.25, 0.3) is 5.91 Å². The first-order valence-corrected chi connectivity index (χ1v) is 6.45. The van der Waals surface area contributed by atoms with Crippen LogP contribution in [0.1, 0.15) is 10.4 Å². The lowest BCUT2D eigenvalue weighted by Crippen LogP contribution is -2.23. The quantitative estimate of drug-likeness (QED) is 0.797. The Hall–Kier alpha value is -1.40. The van der Waals surface area contributed by atoms with Gasteiger partial charge >= 0.3 is 0 Å². The molecule has 0 heterocycles. The van der Waals surface area contributed by atoms with Crippen molar-refractivity contribution in [2.24, 2.45) is 0 Å². The Morgan fingerprint density at radius 2 is 1.47 bits per heavy atom. The highest BCUT2D eigenvalue weighted by Crippen LogP contribution is 2.14. The Bertz CT molecular complexity index is 504. The highest BCUT2D eigenvalue weighted by atomic mass is 32.2. The molecule has 0 unspecified atom stereocenters. The van der Waals surface area contributed by atoms with Crippen molar-refractivity contribution in [2.75, 3.05) is 28.2 Å². The Labute approximate surface area is 102 Å². The summed E-state index contributed by atoms with van der Waals surface area (Å²) in [6.45, 7) is 0. The number of benzene rings is 1. The molecule has 5 nitrogen and oxygen atoms in total. The SMILES string of the molecule is CN(C)C(=O)c1ccc(S(=O)(=O)N(C)C)cc1. The standard InChI is InChI=1S/C11H16N2O3S/c1-12(2)11(14)9-5-7-10(8-6-9)17(15,16)13(3)4/h5-8H,1-4H3. The van der Waals surface area contributed by atoms with Crippen LogP contribution in [-0.4, -0.2) is 51.7 Å². The maximum Gasteiger partial charge on any atom is 0.253 e. The van der Waals surface area contributed by atoms with Crippen LogP contribution in [0, 0.1) is 0 Å². The zero-order chi connectivity index (χ0) is 13.2. The summed E-state index contributed by atoms with van der Waals surface area (Å²) < 4.78 is 24.7. The van der Waals surface area contributed by atoms with E-state index in [4.69, 9.17) is 0 Å². The fourth-order valence-corrected chi connectivity index (χ4v) is 2.14. The van der Waals surface area contributed by atoms with Gasteiger partial charge in [-0.1, -0.05) is 0 Å². The van der Waals surface area contributed by atoms with E-state index >= 15 is 0 Å². The number of carbonyl (C=O) groups excluding carboxylic acids is 1. The van der Waals surface area contributed by atoms with Crippen molar-refractivity contribution in [3.8, 4) is 0 Å². The summed E-state index contributed by atoms with van der Waals surface area (Å²) in [6, 6.07) is 5.90. The summed E-state index contributed by atoms with van der Waals surface area (Å²) in [7, 11) is 2.79. The lowest BCUT2D eigenvalue weighted by atomic mass is 10.2. The van der Waals surface area contributed by atoms with Crippen molar-refractivity contribution in [3.63, 3.8) is 0 Å². The summed E-state index contributed by atoms with van der Waals surface area (Å²) in [5, 5.41) is 0. The molecule has 1 rings (SSSR count).